The standard InChI is InChI=1S/C22H23NO4/c1-22(2)18-7-5-6-8-19(18)23(3)20(22)13-16(24)14-27-17-11-9-15(10-12-17)21(25)26-4/h5-13H,14H2,1-4H3/b20-13+. The summed E-state index contributed by atoms with van der Waals surface area (Å²) in [5, 5.41) is 0. The van der Waals surface area contributed by atoms with Crippen molar-refractivity contribution in [2.45, 2.75) is 19.3 Å². The summed E-state index contributed by atoms with van der Waals surface area (Å²) < 4.78 is 10.2. The average molecular weight is 365 g/mol. The number of ketones is 1. The minimum Gasteiger partial charge on any atom is -0.485 e. The molecule has 140 valence electrons. The first-order valence-electron chi connectivity index (χ1n) is 8.74. The van der Waals surface area contributed by atoms with Crippen molar-refractivity contribution in [1.29, 1.82) is 0 Å². The van der Waals surface area contributed by atoms with Crippen molar-refractivity contribution in [2.75, 3.05) is 25.7 Å². The Kier molecular flexibility index (Phi) is 5.04. The molecule has 27 heavy (non-hydrogen) atoms. The number of nitrogens with zero attached hydrogens (tertiary/aromatic N) is 1. The molecule has 2 aromatic carbocycles. The Morgan fingerprint density at radius 2 is 1.74 bits per heavy atom. The van der Waals surface area contributed by atoms with Crippen molar-refractivity contribution in [2.24, 2.45) is 0 Å². The smallest absolute Gasteiger partial charge is 0.337 e. The SMILES string of the molecule is COC(=O)c1ccc(OCC(=O)/C=C2/N(C)c3ccccc3C2(C)C)cc1. The van der Waals surface area contributed by atoms with Crippen molar-refractivity contribution < 1.29 is 19.1 Å². The van der Waals surface area contributed by atoms with Gasteiger partial charge in [0.05, 0.1) is 12.7 Å². The van der Waals surface area contributed by atoms with Crippen LogP contribution in [0.2, 0.25) is 0 Å². The van der Waals surface area contributed by atoms with E-state index in [1.54, 1.807) is 30.3 Å². The molecule has 3 rings (SSSR count). The number of methoxy groups -OCH3 is 1. The molecule has 5 heteroatoms. The van der Waals surface area contributed by atoms with Crippen LogP contribution in [0.5, 0.6) is 5.75 Å². The van der Waals surface area contributed by atoms with Crippen LogP contribution in [0.4, 0.5) is 5.69 Å². The summed E-state index contributed by atoms with van der Waals surface area (Å²) in [7, 11) is 3.30. The molecule has 0 saturated heterocycles. The summed E-state index contributed by atoms with van der Waals surface area (Å²) in [6.07, 6.45) is 1.66. The Morgan fingerprint density at radius 1 is 1.07 bits per heavy atom. The summed E-state index contributed by atoms with van der Waals surface area (Å²) in [6.45, 7) is 4.16. The van der Waals surface area contributed by atoms with E-state index in [0.717, 1.165) is 11.4 Å². The van der Waals surface area contributed by atoms with Gasteiger partial charge < -0.3 is 14.4 Å². The molecule has 5 nitrogen and oxygen atoms in total. The van der Waals surface area contributed by atoms with Crippen LogP contribution in [0.3, 0.4) is 0 Å². The number of para-hydroxylation sites is 1. The Balaban J connectivity index is 1.70. The van der Waals surface area contributed by atoms with Crippen LogP contribution < -0.4 is 9.64 Å². The van der Waals surface area contributed by atoms with Gasteiger partial charge in [0.2, 0.25) is 0 Å². The van der Waals surface area contributed by atoms with Gasteiger partial charge in [-0.1, -0.05) is 32.0 Å². The molecule has 0 N–H and O–H groups in total. The maximum atomic E-state index is 12.5. The maximum absolute atomic E-state index is 12.5. The van der Waals surface area contributed by atoms with Crippen LogP contribution in [-0.2, 0) is 14.9 Å². The molecular weight excluding hydrogens is 342 g/mol. The molecule has 0 atom stereocenters. The van der Waals surface area contributed by atoms with E-state index in [0.29, 0.717) is 11.3 Å². The Morgan fingerprint density at radius 3 is 2.37 bits per heavy atom. The van der Waals surface area contributed by atoms with Crippen LogP contribution in [0.1, 0.15) is 29.8 Å². The number of carbonyl (C=O) groups is 2. The third-order valence-corrected chi connectivity index (χ3v) is 4.89. The van der Waals surface area contributed by atoms with Gasteiger partial charge in [-0.2, -0.15) is 0 Å². The Labute approximate surface area is 159 Å². The number of allylic oxidation sites excluding steroid dienone is 1. The van der Waals surface area contributed by atoms with E-state index in [4.69, 9.17) is 4.74 Å². The molecule has 0 unspecified atom stereocenters. The van der Waals surface area contributed by atoms with Gasteiger partial charge in [-0.15, -0.1) is 0 Å². The van der Waals surface area contributed by atoms with Gasteiger partial charge in [-0.3, -0.25) is 4.79 Å². The fraction of sp³-hybridized carbons (Fsp3) is 0.273. The predicted molar refractivity (Wildman–Crippen MR) is 104 cm³/mol. The summed E-state index contributed by atoms with van der Waals surface area (Å²) in [5.41, 5.74) is 3.44. The summed E-state index contributed by atoms with van der Waals surface area (Å²) in [4.78, 5) is 26.0. The first-order chi connectivity index (χ1) is 12.8. The lowest BCUT2D eigenvalue weighted by Gasteiger charge is -2.23. The number of fused-ring (bicyclic) bond motifs is 1. The first-order valence-corrected chi connectivity index (χ1v) is 8.74. The number of benzene rings is 2. The second kappa shape index (κ2) is 7.27. The molecule has 0 aliphatic carbocycles. The van der Waals surface area contributed by atoms with Crippen LogP contribution in [-0.4, -0.2) is 32.5 Å². The fourth-order valence-corrected chi connectivity index (χ4v) is 3.41. The molecule has 0 saturated carbocycles. The van der Waals surface area contributed by atoms with Gasteiger partial charge in [-0.25, -0.2) is 4.79 Å². The molecule has 0 amide bonds. The second-order valence-electron chi connectivity index (χ2n) is 7.00. The van der Waals surface area contributed by atoms with Gasteiger partial charge in [-0.05, 0) is 35.9 Å². The zero-order valence-corrected chi connectivity index (χ0v) is 16.0. The second-order valence-corrected chi connectivity index (χ2v) is 7.00. The average Bonchev–Trinajstić information content (AvgIpc) is 2.87. The zero-order valence-electron chi connectivity index (χ0n) is 16.0. The van der Waals surface area contributed by atoms with E-state index >= 15 is 0 Å². The minimum atomic E-state index is -0.409. The highest BCUT2D eigenvalue weighted by Gasteiger charge is 2.38. The predicted octanol–water partition coefficient (Wildman–Crippen LogP) is 3.73. The number of ether oxygens (including phenoxy) is 2. The number of hydrogen-bond acceptors (Lipinski definition) is 5. The molecule has 1 aliphatic rings. The van der Waals surface area contributed by atoms with E-state index in [1.165, 1.54) is 12.7 Å². The van der Waals surface area contributed by atoms with Gasteiger partial charge in [0.1, 0.15) is 5.75 Å². The Bertz CT molecular complexity index is 897. The normalized spacial score (nSPS) is 16.1. The largest absolute Gasteiger partial charge is 0.485 e. The lowest BCUT2D eigenvalue weighted by molar-refractivity contribution is -0.116. The van der Waals surface area contributed by atoms with Crippen LogP contribution in [0.25, 0.3) is 0 Å². The third-order valence-electron chi connectivity index (χ3n) is 4.89. The third kappa shape index (κ3) is 3.58. The van der Waals surface area contributed by atoms with E-state index in [9.17, 15) is 9.59 Å². The fourth-order valence-electron chi connectivity index (χ4n) is 3.41. The van der Waals surface area contributed by atoms with Gasteiger partial charge in [0, 0.05) is 29.9 Å². The minimum absolute atomic E-state index is 0.0681. The van der Waals surface area contributed by atoms with Crippen LogP contribution in [0.15, 0.2) is 60.3 Å². The van der Waals surface area contributed by atoms with E-state index in [2.05, 4.69) is 35.6 Å². The van der Waals surface area contributed by atoms with Crippen molar-refractivity contribution in [3.63, 3.8) is 0 Å². The summed E-state index contributed by atoms with van der Waals surface area (Å²) >= 11 is 0. The van der Waals surface area contributed by atoms with Gasteiger partial charge in [0.25, 0.3) is 0 Å². The van der Waals surface area contributed by atoms with E-state index in [-0.39, 0.29) is 17.8 Å². The molecule has 2 aromatic rings. The number of hydrogen-bond donors (Lipinski definition) is 0. The van der Waals surface area contributed by atoms with E-state index in [1.807, 2.05) is 19.2 Å². The van der Waals surface area contributed by atoms with Gasteiger partial charge in [0.15, 0.2) is 12.4 Å². The number of rotatable bonds is 5. The Hall–Kier alpha value is -3.08. The molecular formula is C22H23NO4. The van der Waals surface area contributed by atoms with Gasteiger partial charge >= 0.3 is 5.97 Å². The molecule has 1 heterocycles. The highest BCUT2D eigenvalue weighted by atomic mass is 16.5. The van der Waals surface area contributed by atoms with Crippen molar-refractivity contribution in [3.05, 3.63) is 71.4 Å². The lowest BCUT2D eigenvalue weighted by atomic mass is 9.83. The van der Waals surface area contributed by atoms with E-state index < -0.39 is 5.97 Å². The molecule has 0 spiro atoms. The highest BCUT2D eigenvalue weighted by Crippen LogP contribution is 2.46. The molecule has 0 fully saturated rings. The summed E-state index contributed by atoms with van der Waals surface area (Å²) in [6, 6.07) is 14.7. The maximum Gasteiger partial charge on any atom is 0.337 e. The topological polar surface area (TPSA) is 55.8 Å². The molecule has 0 aromatic heterocycles. The van der Waals surface area contributed by atoms with Crippen molar-refractivity contribution >= 4 is 17.4 Å². The number of anilines is 1. The number of esters is 1. The molecule has 0 radical (unpaired) electrons. The number of carbonyl (C=O) groups excluding carboxylic acids is 2. The first kappa shape index (κ1) is 18.7. The monoisotopic (exact) mass is 365 g/mol. The highest BCUT2D eigenvalue weighted by molar-refractivity contribution is 5.93. The molecule has 1 aliphatic heterocycles. The van der Waals surface area contributed by atoms with Crippen molar-refractivity contribution in [3.8, 4) is 5.75 Å². The molecule has 0 bridgehead atoms. The van der Waals surface area contributed by atoms with Crippen molar-refractivity contribution in [1.82, 2.24) is 0 Å². The van der Waals surface area contributed by atoms with Crippen LogP contribution in [0, 0.1) is 0 Å². The summed E-state index contributed by atoms with van der Waals surface area (Å²) in [5.74, 6) is -0.0000654. The lowest BCUT2D eigenvalue weighted by Crippen LogP contribution is -2.25. The van der Waals surface area contributed by atoms with Crippen LogP contribution >= 0.6 is 0 Å². The quantitative estimate of drug-likeness (QED) is 0.597. The zero-order chi connectivity index (χ0) is 19.6. The number of likely N-dealkylation sites (N-methyl/N-ethyl adjacent to an activating group) is 1.